The number of anilines is 3. The van der Waals surface area contributed by atoms with Crippen LogP contribution in [0.15, 0.2) is 48.8 Å². The number of hydrogen-bond donors (Lipinski definition) is 2. The minimum atomic E-state index is -0.854. The summed E-state index contributed by atoms with van der Waals surface area (Å²) in [4.78, 5) is 20.3. The summed E-state index contributed by atoms with van der Waals surface area (Å²) in [5.41, 5.74) is 2.69. The summed E-state index contributed by atoms with van der Waals surface area (Å²) in [7, 11) is 0. The molecule has 0 saturated heterocycles. The van der Waals surface area contributed by atoms with Crippen molar-refractivity contribution in [2.75, 3.05) is 10.6 Å². The number of nitrogens with zero attached hydrogens (tertiary/aromatic N) is 2. The van der Waals surface area contributed by atoms with Gasteiger partial charge in [-0.2, -0.15) is 0 Å². The molecule has 3 aromatic rings. The van der Waals surface area contributed by atoms with E-state index in [9.17, 15) is 13.6 Å². The van der Waals surface area contributed by atoms with Gasteiger partial charge in [-0.15, -0.1) is 0 Å². The van der Waals surface area contributed by atoms with Gasteiger partial charge in [0.05, 0.1) is 5.56 Å². The highest BCUT2D eigenvalue weighted by Gasteiger charge is 2.14. The van der Waals surface area contributed by atoms with Crippen LogP contribution in [0.1, 0.15) is 21.5 Å². The molecule has 0 fully saturated rings. The van der Waals surface area contributed by atoms with Crippen LogP contribution < -0.4 is 10.6 Å². The predicted molar refractivity (Wildman–Crippen MR) is 95.5 cm³/mol. The van der Waals surface area contributed by atoms with Crippen LogP contribution in [-0.4, -0.2) is 15.9 Å². The molecule has 0 aliphatic rings. The SMILES string of the molecule is Cc1ccc(Nc2ncc(C(=O)Nc3c(F)cccc3F)cn2)cc1C. The van der Waals surface area contributed by atoms with Gasteiger partial charge in [0.25, 0.3) is 5.91 Å². The fourth-order valence-electron chi connectivity index (χ4n) is 2.26. The maximum atomic E-state index is 13.6. The molecule has 3 rings (SSSR count). The largest absolute Gasteiger partial charge is 0.324 e. The molecule has 132 valence electrons. The average Bonchev–Trinajstić information content (AvgIpc) is 2.62. The Bertz CT molecular complexity index is 938. The van der Waals surface area contributed by atoms with E-state index in [2.05, 4.69) is 20.6 Å². The molecule has 2 aromatic carbocycles. The van der Waals surface area contributed by atoms with Gasteiger partial charge in [-0.1, -0.05) is 12.1 Å². The van der Waals surface area contributed by atoms with Crippen LogP contribution >= 0.6 is 0 Å². The molecule has 1 aromatic heterocycles. The van der Waals surface area contributed by atoms with Crippen LogP contribution in [0.2, 0.25) is 0 Å². The summed E-state index contributed by atoms with van der Waals surface area (Å²) in [5, 5.41) is 5.22. The van der Waals surface area contributed by atoms with E-state index in [1.54, 1.807) is 0 Å². The van der Waals surface area contributed by atoms with Crippen LogP contribution in [0, 0.1) is 25.5 Å². The normalized spacial score (nSPS) is 10.5. The Morgan fingerprint density at radius 1 is 0.962 bits per heavy atom. The number of nitrogens with one attached hydrogen (secondary N) is 2. The number of hydrogen-bond acceptors (Lipinski definition) is 4. The van der Waals surface area contributed by atoms with Crippen LogP contribution in [0.25, 0.3) is 0 Å². The minimum absolute atomic E-state index is 0.0817. The lowest BCUT2D eigenvalue weighted by Crippen LogP contribution is -2.15. The number of amides is 1. The molecule has 0 spiro atoms. The van der Waals surface area contributed by atoms with Crippen molar-refractivity contribution in [1.82, 2.24) is 9.97 Å². The number of rotatable bonds is 4. The summed E-state index contributed by atoms with van der Waals surface area (Å²) in [6, 6.07) is 9.17. The molecule has 0 saturated carbocycles. The molecule has 0 radical (unpaired) electrons. The van der Waals surface area contributed by atoms with Crippen molar-refractivity contribution in [3.05, 3.63) is 77.1 Å². The number of benzene rings is 2. The van der Waals surface area contributed by atoms with Gasteiger partial charge < -0.3 is 10.6 Å². The summed E-state index contributed by atoms with van der Waals surface area (Å²) >= 11 is 0. The Labute approximate surface area is 149 Å². The van der Waals surface area contributed by atoms with Crippen molar-refractivity contribution in [1.29, 1.82) is 0 Å². The second-order valence-electron chi connectivity index (χ2n) is 5.77. The van der Waals surface area contributed by atoms with E-state index in [0.717, 1.165) is 23.4 Å². The molecular formula is C19H16F2N4O. The number of aryl methyl sites for hydroxylation is 2. The van der Waals surface area contributed by atoms with Crippen molar-refractivity contribution < 1.29 is 13.6 Å². The Kier molecular flexibility index (Phi) is 4.88. The molecule has 1 heterocycles. The molecule has 0 unspecified atom stereocenters. The number of carbonyl (C=O) groups excluding carboxylic acids is 1. The van der Waals surface area contributed by atoms with E-state index < -0.39 is 23.2 Å². The van der Waals surface area contributed by atoms with Crippen LogP contribution in [-0.2, 0) is 0 Å². The Hall–Kier alpha value is -3.35. The zero-order valence-electron chi connectivity index (χ0n) is 14.2. The maximum Gasteiger partial charge on any atom is 0.258 e. The monoisotopic (exact) mass is 354 g/mol. The van der Waals surface area contributed by atoms with Crippen molar-refractivity contribution in [3.8, 4) is 0 Å². The van der Waals surface area contributed by atoms with Crippen LogP contribution in [0.3, 0.4) is 0 Å². The fraction of sp³-hybridized carbons (Fsp3) is 0.105. The van der Waals surface area contributed by atoms with Crippen LogP contribution in [0.5, 0.6) is 0 Å². The minimum Gasteiger partial charge on any atom is -0.324 e. The van der Waals surface area contributed by atoms with E-state index in [0.29, 0.717) is 5.95 Å². The van der Waals surface area contributed by atoms with E-state index in [-0.39, 0.29) is 5.56 Å². The first-order chi connectivity index (χ1) is 12.4. The van der Waals surface area contributed by atoms with Gasteiger partial charge in [-0.25, -0.2) is 18.7 Å². The third-order valence-corrected chi connectivity index (χ3v) is 3.88. The highest BCUT2D eigenvalue weighted by molar-refractivity contribution is 6.04. The third-order valence-electron chi connectivity index (χ3n) is 3.88. The van der Waals surface area contributed by atoms with E-state index in [4.69, 9.17) is 0 Å². The Morgan fingerprint density at radius 3 is 2.23 bits per heavy atom. The topological polar surface area (TPSA) is 66.9 Å². The first-order valence-electron chi connectivity index (χ1n) is 7.86. The van der Waals surface area contributed by atoms with E-state index in [1.165, 1.54) is 24.0 Å². The molecule has 0 atom stereocenters. The van der Waals surface area contributed by atoms with Gasteiger partial charge in [-0.05, 0) is 49.2 Å². The molecule has 1 amide bonds. The van der Waals surface area contributed by atoms with Gasteiger partial charge in [0.2, 0.25) is 5.95 Å². The molecule has 26 heavy (non-hydrogen) atoms. The number of para-hydroxylation sites is 1. The molecule has 0 aliphatic carbocycles. The van der Waals surface area contributed by atoms with Crippen molar-refractivity contribution in [2.24, 2.45) is 0 Å². The quantitative estimate of drug-likeness (QED) is 0.730. The summed E-state index contributed by atoms with van der Waals surface area (Å²) < 4.78 is 27.2. The standard InChI is InChI=1S/C19H16F2N4O/c1-11-6-7-14(8-12(11)2)24-19-22-9-13(10-23-19)18(26)25-17-15(20)4-3-5-16(17)21/h3-10H,1-2H3,(H,25,26)(H,22,23,24). The number of halogens is 2. The second-order valence-corrected chi connectivity index (χ2v) is 5.77. The van der Waals surface area contributed by atoms with Crippen molar-refractivity contribution >= 4 is 23.2 Å². The molecule has 0 bridgehead atoms. The smallest absolute Gasteiger partial charge is 0.258 e. The lowest BCUT2D eigenvalue weighted by atomic mass is 10.1. The van der Waals surface area contributed by atoms with Crippen LogP contribution in [0.4, 0.5) is 26.1 Å². The summed E-state index contributed by atoms with van der Waals surface area (Å²) in [6.07, 6.45) is 2.56. The van der Waals surface area contributed by atoms with Gasteiger partial charge >= 0.3 is 0 Å². The van der Waals surface area contributed by atoms with Gasteiger partial charge in [0.15, 0.2) is 0 Å². The van der Waals surface area contributed by atoms with Crippen molar-refractivity contribution in [3.63, 3.8) is 0 Å². The molecule has 5 nitrogen and oxygen atoms in total. The summed E-state index contributed by atoms with van der Waals surface area (Å²) in [5.74, 6) is -2.10. The Morgan fingerprint density at radius 2 is 1.62 bits per heavy atom. The molecule has 7 heteroatoms. The highest BCUT2D eigenvalue weighted by atomic mass is 19.1. The first kappa shape index (κ1) is 17.5. The van der Waals surface area contributed by atoms with Gasteiger partial charge in [0.1, 0.15) is 17.3 Å². The lowest BCUT2D eigenvalue weighted by Gasteiger charge is -2.09. The zero-order chi connectivity index (χ0) is 18.7. The molecule has 0 aliphatic heterocycles. The first-order valence-corrected chi connectivity index (χ1v) is 7.86. The predicted octanol–water partition coefficient (Wildman–Crippen LogP) is 4.37. The second kappa shape index (κ2) is 7.26. The Balaban J connectivity index is 1.72. The van der Waals surface area contributed by atoms with E-state index >= 15 is 0 Å². The fourth-order valence-corrected chi connectivity index (χ4v) is 2.26. The average molecular weight is 354 g/mol. The number of carbonyl (C=O) groups is 1. The number of aromatic nitrogens is 2. The van der Waals surface area contributed by atoms with Gasteiger partial charge in [0, 0.05) is 18.1 Å². The zero-order valence-corrected chi connectivity index (χ0v) is 14.2. The molecular weight excluding hydrogens is 338 g/mol. The van der Waals surface area contributed by atoms with Gasteiger partial charge in [-0.3, -0.25) is 4.79 Å². The highest BCUT2D eigenvalue weighted by Crippen LogP contribution is 2.20. The summed E-state index contributed by atoms with van der Waals surface area (Å²) in [6.45, 7) is 4.01. The lowest BCUT2D eigenvalue weighted by molar-refractivity contribution is 0.102. The maximum absolute atomic E-state index is 13.6. The van der Waals surface area contributed by atoms with E-state index in [1.807, 2.05) is 32.0 Å². The third kappa shape index (κ3) is 3.83. The molecule has 2 N–H and O–H groups in total. The van der Waals surface area contributed by atoms with Crippen molar-refractivity contribution in [2.45, 2.75) is 13.8 Å².